The first-order chi connectivity index (χ1) is 6.38. The summed E-state index contributed by atoms with van der Waals surface area (Å²) in [7, 11) is 0. The Labute approximate surface area is 79.0 Å². The summed E-state index contributed by atoms with van der Waals surface area (Å²) in [6.45, 7) is 3.90. The van der Waals surface area contributed by atoms with Gasteiger partial charge in [-0.1, -0.05) is 13.0 Å². The molecule has 0 saturated heterocycles. The highest BCUT2D eigenvalue weighted by Crippen LogP contribution is 2.08. The second kappa shape index (κ2) is 5.54. The van der Waals surface area contributed by atoms with Crippen molar-refractivity contribution in [3.8, 4) is 0 Å². The SMILES string of the molecule is CCCN(CCO)c1ccccn1. The number of pyridine rings is 1. The van der Waals surface area contributed by atoms with E-state index in [4.69, 9.17) is 5.11 Å². The number of hydrogen-bond acceptors (Lipinski definition) is 3. The molecule has 0 spiro atoms. The maximum absolute atomic E-state index is 8.86. The van der Waals surface area contributed by atoms with Gasteiger partial charge in [-0.3, -0.25) is 0 Å². The van der Waals surface area contributed by atoms with Gasteiger partial charge >= 0.3 is 0 Å². The Hall–Kier alpha value is -1.09. The van der Waals surface area contributed by atoms with Crippen LogP contribution in [0.2, 0.25) is 0 Å². The zero-order valence-corrected chi connectivity index (χ0v) is 7.98. The monoisotopic (exact) mass is 180 g/mol. The Kier molecular flexibility index (Phi) is 4.26. The molecule has 72 valence electrons. The summed E-state index contributed by atoms with van der Waals surface area (Å²) in [4.78, 5) is 6.31. The van der Waals surface area contributed by atoms with Crippen LogP contribution in [-0.2, 0) is 0 Å². The van der Waals surface area contributed by atoms with Crippen molar-refractivity contribution in [3.63, 3.8) is 0 Å². The van der Waals surface area contributed by atoms with E-state index >= 15 is 0 Å². The predicted molar refractivity (Wildman–Crippen MR) is 53.8 cm³/mol. The molecule has 0 unspecified atom stereocenters. The number of aliphatic hydroxyl groups excluding tert-OH is 1. The second-order valence-electron chi connectivity index (χ2n) is 2.90. The molecule has 1 aromatic heterocycles. The molecule has 1 N–H and O–H groups in total. The second-order valence-corrected chi connectivity index (χ2v) is 2.90. The first-order valence-electron chi connectivity index (χ1n) is 4.65. The van der Waals surface area contributed by atoms with Crippen LogP contribution in [0.4, 0.5) is 5.82 Å². The Morgan fingerprint density at radius 2 is 2.23 bits per heavy atom. The molecule has 0 radical (unpaired) electrons. The first-order valence-corrected chi connectivity index (χ1v) is 4.65. The zero-order chi connectivity index (χ0) is 9.52. The topological polar surface area (TPSA) is 36.4 Å². The molecule has 0 aliphatic rings. The van der Waals surface area contributed by atoms with Crippen LogP contribution in [0.3, 0.4) is 0 Å². The van der Waals surface area contributed by atoms with Crippen molar-refractivity contribution in [2.75, 3.05) is 24.6 Å². The lowest BCUT2D eigenvalue weighted by atomic mass is 10.3. The van der Waals surface area contributed by atoms with Gasteiger partial charge in [-0.2, -0.15) is 0 Å². The molecule has 0 saturated carbocycles. The third kappa shape index (κ3) is 3.03. The molecule has 0 fully saturated rings. The van der Waals surface area contributed by atoms with Gasteiger partial charge in [-0.25, -0.2) is 4.98 Å². The molecule has 1 aromatic rings. The average Bonchev–Trinajstić information content (AvgIpc) is 2.19. The van der Waals surface area contributed by atoms with E-state index in [1.165, 1.54) is 0 Å². The van der Waals surface area contributed by atoms with Crippen molar-refractivity contribution in [1.82, 2.24) is 4.98 Å². The van der Waals surface area contributed by atoms with Crippen LogP contribution in [0.25, 0.3) is 0 Å². The van der Waals surface area contributed by atoms with Crippen LogP contribution < -0.4 is 4.90 Å². The predicted octanol–water partition coefficient (Wildman–Crippen LogP) is 1.29. The number of anilines is 1. The molecule has 0 aliphatic carbocycles. The van der Waals surface area contributed by atoms with Crippen molar-refractivity contribution in [2.45, 2.75) is 13.3 Å². The van der Waals surface area contributed by atoms with Crippen molar-refractivity contribution < 1.29 is 5.11 Å². The van der Waals surface area contributed by atoms with Gasteiger partial charge in [0.05, 0.1) is 6.61 Å². The Bertz CT molecular complexity index is 220. The van der Waals surface area contributed by atoms with Gasteiger partial charge in [0.25, 0.3) is 0 Å². The van der Waals surface area contributed by atoms with E-state index in [0.29, 0.717) is 6.54 Å². The van der Waals surface area contributed by atoms with E-state index in [0.717, 1.165) is 18.8 Å². The van der Waals surface area contributed by atoms with Crippen LogP contribution in [0.5, 0.6) is 0 Å². The number of aromatic nitrogens is 1. The summed E-state index contributed by atoms with van der Waals surface area (Å²) >= 11 is 0. The molecule has 3 heteroatoms. The Morgan fingerprint density at radius 1 is 1.38 bits per heavy atom. The minimum atomic E-state index is 0.177. The standard InChI is InChI=1S/C10H16N2O/c1-2-7-12(8-9-13)10-5-3-4-6-11-10/h3-6,13H,2,7-9H2,1H3. The zero-order valence-electron chi connectivity index (χ0n) is 7.98. The number of aliphatic hydroxyl groups is 1. The molecule has 1 rings (SSSR count). The van der Waals surface area contributed by atoms with Crippen LogP contribution in [0.1, 0.15) is 13.3 Å². The molecular formula is C10H16N2O. The smallest absolute Gasteiger partial charge is 0.128 e. The van der Waals surface area contributed by atoms with Gasteiger partial charge in [0.15, 0.2) is 0 Å². The van der Waals surface area contributed by atoms with Gasteiger partial charge < -0.3 is 10.0 Å². The Morgan fingerprint density at radius 3 is 2.77 bits per heavy atom. The highest BCUT2D eigenvalue weighted by Gasteiger charge is 2.03. The highest BCUT2D eigenvalue weighted by molar-refractivity contribution is 5.37. The van der Waals surface area contributed by atoms with Gasteiger partial charge in [-0.15, -0.1) is 0 Å². The lowest BCUT2D eigenvalue weighted by Crippen LogP contribution is -2.28. The molecule has 0 aliphatic heterocycles. The molecule has 13 heavy (non-hydrogen) atoms. The van der Waals surface area contributed by atoms with Gasteiger partial charge in [0, 0.05) is 19.3 Å². The van der Waals surface area contributed by atoms with E-state index in [1.807, 2.05) is 18.2 Å². The minimum absolute atomic E-state index is 0.177. The highest BCUT2D eigenvalue weighted by atomic mass is 16.3. The molecule has 0 atom stereocenters. The minimum Gasteiger partial charge on any atom is -0.395 e. The van der Waals surface area contributed by atoms with Crippen LogP contribution >= 0.6 is 0 Å². The average molecular weight is 180 g/mol. The molecule has 1 heterocycles. The molecule has 3 nitrogen and oxygen atoms in total. The fourth-order valence-corrected chi connectivity index (χ4v) is 1.27. The van der Waals surface area contributed by atoms with Crippen molar-refractivity contribution >= 4 is 5.82 Å². The van der Waals surface area contributed by atoms with Gasteiger partial charge in [0.2, 0.25) is 0 Å². The normalized spacial score (nSPS) is 10.0. The third-order valence-corrected chi connectivity index (χ3v) is 1.84. The molecule has 0 amide bonds. The van der Waals surface area contributed by atoms with E-state index in [1.54, 1.807) is 6.20 Å². The van der Waals surface area contributed by atoms with Crippen LogP contribution in [-0.4, -0.2) is 29.8 Å². The quantitative estimate of drug-likeness (QED) is 0.741. The fourth-order valence-electron chi connectivity index (χ4n) is 1.27. The van der Waals surface area contributed by atoms with Crippen molar-refractivity contribution in [3.05, 3.63) is 24.4 Å². The van der Waals surface area contributed by atoms with Crippen LogP contribution in [0.15, 0.2) is 24.4 Å². The maximum Gasteiger partial charge on any atom is 0.128 e. The van der Waals surface area contributed by atoms with Crippen LogP contribution in [0, 0.1) is 0 Å². The van der Waals surface area contributed by atoms with Crippen molar-refractivity contribution in [2.24, 2.45) is 0 Å². The summed E-state index contributed by atoms with van der Waals surface area (Å²) < 4.78 is 0. The summed E-state index contributed by atoms with van der Waals surface area (Å²) in [5.41, 5.74) is 0. The van der Waals surface area contributed by atoms with E-state index in [-0.39, 0.29) is 6.61 Å². The number of hydrogen-bond donors (Lipinski definition) is 1. The summed E-state index contributed by atoms with van der Waals surface area (Å²) in [6.07, 6.45) is 2.84. The van der Waals surface area contributed by atoms with E-state index in [9.17, 15) is 0 Å². The summed E-state index contributed by atoms with van der Waals surface area (Å²) in [6, 6.07) is 5.82. The number of rotatable bonds is 5. The third-order valence-electron chi connectivity index (χ3n) is 1.84. The molecule has 0 aromatic carbocycles. The fraction of sp³-hybridized carbons (Fsp3) is 0.500. The van der Waals surface area contributed by atoms with E-state index < -0.39 is 0 Å². The largest absolute Gasteiger partial charge is 0.395 e. The van der Waals surface area contributed by atoms with E-state index in [2.05, 4.69) is 16.8 Å². The molecular weight excluding hydrogens is 164 g/mol. The lowest BCUT2D eigenvalue weighted by Gasteiger charge is -2.21. The summed E-state index contributed by atoms with van der Waals surface area (Å²) in [5.74, 6) is 0.943. The lowest BCUT2D eigenvalue weighted by molar-refractivity contribution is 0.301. The van der Waals surface area contributed by atoms with Gasteiger partial charge in [0.1, 0.15) is 5.82 Å². The summed E-state index contributed by atoms with van der Waals surface area (Å²) in [5, 5.41) is 8.86. The first kappa shape index (κ1) is 9.99. The number of nitrogens with zero attached hydrogens (tertiary/aromatic N) is 2. The Balaban J connectivity index is 2.64. The van der Waals surface area contributed by atoms with Gasteiger partial charge in [-0.05, 0) is 18.6 Å². The van der Waals surface area contributed by atoms with Crippen molar-refractivity contribution in [1.29, 1.82) is 0 Å². The maximum atomic E-state index is 8.86. The molecule has 0 bridgehead atoms.